The minimum atomic E-state index is -3.64. The topological polar surface area (TPSA) is 37.4 Å². The van der Waals surface area contributed by atoms with Crippen molar-refractivity contribution in [2.24, 2.45) is 0 Å². The Balaban J connectivity index is 1.68. The van der Waals surface area contributed by atoms with Crippen molar-refractivity contribution in [3.05, 3.63) is 112 Å². The predicted molar refractivity (Wildman–Crippen MR) is 133 cm³/mol. The number of nitrogens with zero attached hydrogens (tertiary/aromatic N) is 1. The highest BCUT2D eigenvalue weighted by atomic mass is 32.2. The molecule has 0 atom stereocenters. The standard InChI is InChI=1S/C29H25NO2S/c1-22-4-10-25(11-5-22)14-16-27-20-30(33(31,32)29-18-8-24(3)9-19-29)21-28(27)17-15-26-12-6-23(2)7-13-26/h4-13,18-19H,20-21H2,1-3H3. The first-order valence-electron chi connectivity index (χ1n) is 10.8. The Hall–Kier alpha value is -3.57. The molecule has 164 valence electrons. The van der Waals surface area contributed by atoms with Crippen LogP contribution >= 0.6 is 0 Å². The molecule has 3 aromatic carbocycles. The monoisotopic (exact) mass is 451 g/mol. The third kappa shape index (κ3) is 5.44. The molecule has 0 aliphatic carbocycles. The first kappa shape index (κ1) is 22.6. The van der Waals surface area contributed by atoms with E-state index in [0.29, 0.717) is 0 Å². The highest BCUT2D eigenvalue weighted by molar-refractivity contribution is 7.89. The molecule has 3 aromatic rings. The SMILES string of the molecule is Cc1ccc(C#CC2=C(C#Cc3ccc(C)cc3)CN(S(=O)(=O)c3ccc(C)cc3)C2)cc1. The lowest BCUT2D eigenvalue weighted by Gasteiger charge is -2.16. The van der Waals surface area contributed by atoms with E-state index in [1.165, 1.54) is 15.4 Å². The fourth-order valence-corrected chi connectivity index (χ4v) is 4.80. The molecular weight excluding hydrogens is 426 g/mol. The molecule has 0 amide bonds. The second-order valence-corrected chi connectivity index (χ2v) is 10.2. The van der Waals surface area contributed by atoms with Crippen LogP contribution in [0.2, 0.25) is 0 Å². The number of sulfonamides is 1. The number of rotatable bonds is 2. The van der Waals surface area contributed by atoms with Crippen LogP contribution in [0.1, 0.15) is 27.8 Å². The predicted octanol–water partition coefficient (Wildman–Crippen LogP) is 5.02. The Morgan fingerprint density at radius 2 is 0.939 bits per heavy atom. The van der Waals surface area contributed by atoms with Crippen LogP contribution in [0, 0.1) is 44.5 Å². The van der Waals surface area contributed by atoms with Crippen molar-refractivity contribution >= 4 is 10.0 Å². The van der Waals surface area contributed by atoms with Crippen molar-refractivity contribution in [1.82, 2.24) is 4.31 Å². The number of aryl methyl sites for hydroxylation is 3. The summed E-state index contributed by atoms with van der Waals surface area (Å²) < 4.78 is 28.0. The zero-order valence-electron chi connectivity index (χ0n) is 19.0. The van der Waals surface area contributed by atoms with Gasteiger partial charge in [0.1, 0.15) is 0 Å². The average Bonchev–Trinajstić information content (AvgIpc) is 3.23. The van der Waals surface area contributed by atoms with Crippen LogP contribution in [-0.2, 0) is 10.0 Å². The number of hydrogen-bond donors (Lipinski definition) is 0. The number of benzene rings is 3. The van der Waals surface area contributed by atoms with Crippen LogP contribution in [0.3, 0.4) is 0 Å². The molecule has 0 radical (unpaired) electrons. The van der Waals surface area contributed by atoms with Crippen molar-refractivity contribution in [3.63, 3.8) is 0 Å². The van der Waals surface area contributed by atoms with Gasteiger partial charge in [-0.15, -0.1) is 0 Å². The minimum absolute atomic E-state index is 0.215. The smallest absolute Gasteiger partial charge is 0.207 e. The largest absolute Gasteiger partial charge is 0.243 e. The van der Waals surface area contributed by atoms with Gasteiger partial charge in [0.15, 0.2) is 0 Å². The van der Waals surface area contributed by atoms with E-state index in [0.717, 1.165) is 27.8 Å². The van der Waals surface area contributed by atoms with Crippen LogP contribution in [-0.4, -0.2) is 25.8 Å². The molecule has 4 rings (SSSR count). The van der Waals surface area contributed by atoms with Crippen molar-refractivity contribution in [1.29, 1.82) is 0 Å². The lowest BCUT2D eigenvalue weighted by atomic mass is 10.1. The van der Waals surface area contributed by atoms with E-state index in [1.54, 1.807) is 12.1 Å². The normalized spacial score (nSPS) is 13.8. The Labute approximate surface area is 196 Å². The van der Waals surface area contributed by atoms with Crippen molar-refractivity contribution in [2.75, 3.05) is 13.1 Å². The minimum Gasteiger partial charge on any atom is -0.207 e. The third-order valence-corrected chi connectivity index (χ3v) is 7.32. The highest BCUT2D eigenvalue weighted by Crippen LogP contribution is 2.25. The highest BCUT2D eigenvalue weighted by Gasteiger charge is 2.31. The van der Waals surface area contributed by atoms with Gasteiger partial charge < -0.3 is 0 Å². The van der Waals surface area contributed by atoms with Gasteiger partial charge in [0, 0.05) is 35.4 Å². The summed E-state index contributed by atoms with van der Waals surface area (Å²) in [6, 6.07) is 22.9. The molecule has 1 aliphatic rings. The molecule has 0 saturated carbocycles. The van der Waals surface area contributed by atoms with Gasteiger partial charge in [0.05, 0.1) is 4.90 Å². The average molecular weight is 452 g/mol. The van der Waals surface area contributed by atoms with E-state index in [1.807, 2.05) is 81.4 Å². The molecule has 33 heavy (non-hydrogen) atoms. The second kappa shape index (κ2) is 9.51. The first-order chi connectivity index (χ1) is 15.8. The Morgan fingerprint density at radius 3 is 1.33 bits per heavy atom. The quantitative estimate of drug-likeness (QED) is 0.513. The molecule has 0 aromatic heterocycles. The Morgan fingerprint density at radius 1 is 0.576 bits per heavy atom. The van der Waals surface area contributed by atoms with Gasteiger partial charge in [-0.25, -0.2) is 8.42 Å². The maximum Gasteiger partial charge on any atom is 0.243 e. The zero-order valence-corrected chi connectivity index (χ0v) is 19.8. The lowest BCUT2D eigenvalue weighted by molar-refractivity contribution is 0.484. The van der Waals surface area contributed by atoms with Crippen LogP contribution in [0.4, 0.5) is 0 Å². The van der Waals surface area contributed by atoms with Gasteiger partial charge in [0.25, 0.3) is 0 Å². The van der Waals surface area contributed by atoms with E-state index in [-0.39, 0.29) is 18.0 Å². The molecule has 4 heteroatoms. The van der Waals surface area contributed by atoms with Gasteiger partial charge >= 0.3 is 0 Å². The van der Waals surface area contributed by atoms with E-state index < -0.39 is 10.0 Å². The summed E-state index contributed by atoms with van der Waals surface area (Å²) in [6.45, 7) is 6.43. The summed E-state index contributed by atoms with van der Waals surface area (Å²) in [4.78, 5) is 0.284. The summed E-state index contributed by atoms with van der Waals surface area (Å²) in [6.07, 6.45) is 0. The molecule has 0 bridgehead atoms. The van der Waals surface area contributed by atoms with Crippen molar-refractivity contribution in [3.8, 4) is 23.7 Å². The zero-order chi connectivity index (χ0) is 23.4. The molecule has 0 fully saturated rings. The molecule has 0 saturated heterocycles. The summed E-state index contributed by atoms with van der Waals surface area (Å²) in [5, 5.41) is 0. The molecule has 0 spiro atoms. The van der Waals surface area contributed by atoms with Crippen LogP contribution in [0.25, 0.3) is 0 Å². The maximum atomic E-state index is 13.3. The van der Waals surface area contributed by atoms with Crippen LogP contribution in [0.5, 0.6) is 0 Å². The van der Waals surface area contributed by atoms with Gasteiger partial charge in [0.2, 0.25) is 10.0 Å². The molecule has 1 aliphatic heterocycles. The molecule has 0 unspecified atom stereocenters. The van der Waals surface area contributed by atoms with E-state index >= 15 is 0 Å². The summed E-state index contributed by atoms with van der Waals surface area (Å²) in [7, 11) is -3.64. The van der Waals surface area contributed by atoms with Crippen molar-refractivity contribution < 1.29 is 8.42 Å². The summed E-state index contributed by atoms with van der Waals surface area (Å²) >= 11 is 0. The number of hydrogen-bond acceptors (Lipinski definition) is 2. The molecule has 1 heterocycles. The van der Waals surface area contributed by atoms with Gasteiger partial charge in [-0.05, 0) is 57.2 Å². The summed E-state index contributed by atoms with van der Waals surface area (Å²) in [5.41, 5.74) is 6.61. The fraction of sp³-hybridized carbons (Fsp3) is 0.172. The molecule has 3 nitrogen and oxygen atoms in total. The van der Waals surface area contributed by atoms with Crippen LogP contribution in [0.15, 0.2) is 88.8 Å². The third-order valence-electron chi connectivity index (χ3n) is 5.51. The van der Waals surface area contributed by atoms with E-state index in [2.05, 4.69) is 23.7 Å². The van der Waals surface area contributed by atoms with Crippen LogP contribution < -0.4 is 0 Å². The Kier molecular flexibility index (Phi) is 6.52. The van der Waals surface area contributed by atoms with Gasteiger partial charge in [-0.2, -0.15) is 4.31 Å². The Bertz CT molecular complexity index is 1350. The second-order valence-electron chi connectivity index (χ2n) is 8.28. The van der Waals surface area contributed by atoms with Gasteiger partial charge in [-0.1, -0.05) is 76.8 Å². The molecular formula is C29H25NO2S. The van der Waals surface area contributed by atoms with Crippen molar-refractivity contribution in [2.45, 2.75) is 25.7 Å². The lowest BCUT2D eigenvalue weighted by Crippen LogP contribution is -2.29. The van der Waals surface area contributed by atoms with E-state index in [4.69, 9.17) is 0 Å². The summed E-state index contributed by atoms with van der Waals surface area (Å²) in [5.74, 6) is 12.7. The first-order valence-corrected chi connectivity index (χ1v) is 12.2. The van der Waals surface area contributed by atoms with E-state index in [9.17, 15) is 8.42 Å². The fourth-order valence-electron chi connectivity index (χ4n) is 3.43. The van der Waals surface area contributed by atoms with Gasteiger partial charge in [-0.3, -0.25) is 0 Å². The molecule has 0 N–H and O–H groups in total. The maximum absolute atomic E-state index is 13.3.